The van der Waals surface area contributed by atoms with E-state index in [1.807, 2.05) is 19.9 Å². The van der Waals surface area contributed by atoms with Gasteiger partial charge in [-0.25, -0.2) is 9.78 Å². The van der Waals surface area contributed by atoms with Crippen LogP contribution in [0.4, 0.5) is 10.5 Å². The Balaban J connectivity index is 1.88. The molecule has 2 heterocycles. The van der Waals surface area contributed by atoms with E-state index in [0.717, 1.165) is 18.8 Å². The maximum absolute atomic E-state index is 12.0. The topological polar surface area (TPSA) is 74.8 Å². The quantitative estimate of drug-likeness (QED) is 0.888. The normalized spacial score (nSPS) is 14.7. The van der Waals surface area contributed by atoms with E-state index in [1.54, 1.807) is 24.1 Å². The molecule has 1 fully saturated rings. The highest BCUT2D eigenvalue weighted by molar-refractivity contribution is 5.92. The summed E-state index contributed by atoms with van der Waals surface area (Å²) in [5, 5.41) is 2.85. The predicted octanol–water partition coefficient (Wildman–Crippen LogP) is 1.75. The number of rotatable bonds is 5. The van der Waals surface area contributed by atoms with Crippen molar-refractivity contribution in [1.29, 1.82) is 0 Å². The van der Waals surface area contributed by atoms with Gasteiger partial charge in [0, 0.05) is 32.7 Å². The number of nitrogens with one attached hydrogen (secondary N) is 1. The third kappa shape index (κ3) is 4.84. The fourth-order valence-corrected chi connectivity index (χ4v) is 2.46. The average Bonchev–Trinajstić information content (AvgIpc) is 2.60. The van der Waals surface area contributed by atoms with E-state index in [9.17, 15) is 9.59 Å². The lowest BCUT2D eigenvalue weighted by Crippen LogP contribution is -2.49. The van der Waals surface area contributed by atoms with Crippen molar-refractivity contribution in [2.24, 2.45) is 5.92 Å². The van der Waals surface area contributed by atoms with E-state index in [2.05, 4.69) is 15.2 Å². The molecule has 0 saturated carbocycles. The Morgan fingerprint density at radius 3 is 2.50 bits per heavy atom. The lowest BCUT2D eigenvalue weighted by atomic mass is 10.2. The van der Waals surface area contributed by atoms with Gasteiger partial charge in [0.2, 0.25) is 0 Å². The lowest BCUT2D eigenvalue weighted by molar-refractivity contribution is 0.0943. The largest absolute Gasteiger partial charge is 0.450 e. The van der Waals surface area contributed by atoms with E-state index in [4.69, 9.17) is 4.74 Å². The molecule has 0 spiro atoms. The first-order valence-electron chi connectivity index (χ1n) is 8.42. The Morgan fingerprint density at radius 1 is 1.25 bits per heavy atom. The average molecular weight is 334 g/mol. The number of pyridine rings is 1. The van der Waals surface area contributed by atoms with Gasteiger partial charge in [0.25, 0.3) is 5.91 Å². The zero-order valence-corrected chi connectivity index (χ0v) is 14.6. The molecular weight excluding hydrogens is 308 g/mol. The van der Waals surface area contributed by atoms with E-state index >= 15 is 0 Å². The summed E-state index contributed by atoms with van der Waals surface area (Å²) < 4.78 is 5.02. The number of aromatic nitrogens is 1. The Hall–Kier alpha value is -2.31. The summed E-state index contributed by atoms with van der Waals surface area (Å²) in [5.41, 5.74) is 1.38. The number of anilines is 1. The van der Waals surface area contributed by atoms with Gasteiger partial charge in [-0.05, 0) is 25.0 Å². The number of piperazine rings is 1. The monoisotopic (exact) mass is 334 g/mol. The third-order valence-electron chi connectivity index (χ3n) is 3.82. The molecule has 2 rings (SSSR count). The molecule has 0 bridgehead atoms. The van der Waals surface area contributed by atoms with Gasteiger partial charge >= 0.3 is 6.09 Å². The number of nitrogens with zero attached hydrogens (tertiary/aromatic N) is 3. The molecule has 24 heavy (non-hydrogen) atoms. The Kier molecular flexibility index (Phi) is 6.40. The van der Waals surface area contributed by atoms with Crippen molar-refractivity contribution in [3.8, 4) is 0 Å². The van der Waals surface area contributed by atoms with Crippen LogP contribution >= 0.6 is 0 Å². The highest BCUT2D eigenvalue weighted by Crippen LogP contribution is 2.16. The van der Waals surface area contributed by atoms with Crippen LogP contribution in [-0.4, -0.2) is 61.2 Å². The van der Waals surface area contributed by atoms with E-state index in [0.29, 0.717) is 37.9 Å². The van der Waals surface area contributed by atoms with Gasteiger partial charge in [-0.15, -0.1) is 0 Å². The molecule has 0 radical (unpaired) electrons. The first kappa shape index (κ1) is 18.0. The fourth-order valence-electron chi connectivity index (χ4n) is 2.46. The van der Waals surface area contributed by atoms with Crippen LogP contribution in [0.2, 0.25) is 0 Å². The van der Waals surface area contributed by atoms with Crippen molar-refractivity contribution in [2.45, 2.75) is 20.8 Å². The number of hydrogen-bond acceptors (Lipinski definition) is 5. The highest BCUT2D eigenvalue weighted by atomic mass is 16.6. The van der Waals surface area contributed by atoms with Crippen molar-refractivity contribution in [1.82, 2.24) is 15.2 Å². The molecular formula is C17H26N4O3. The van der Waals surface area contributed by atoms with Crippen molar-refractivity contribution >= 4 is 17.7 Å². The predicted molar refractivity (Wildman–Crippen MR) is 92.2 cm³/mol. The summed E-state index contributed by atoms with van der Waals surface area (Å²) >= 11 is 0. The summed E-state index contributed by atoms with van der Waals surface area (Å²) in [7, 11) is 0. The molecule has 1 N–H and O–H groups in total. The number of ether oxygens (including phenoxy) is 1. The number of carbonyl (C=O) groups is 2. The minimum absolute atomic E-state index is 0.151. The molecule has 7 heteroatoms. The van der Waals surface area contributed by atoms with Crippen LogP contribution in [0.15, 0.2) is 18.3 Å². The van der Waals surface area contributed by atoms with E-state index in [-0.39, 0.29) is 12.0 Å². The van der Waals surface area contributed by atoms with Gasteiger partial charge in [-0.3, -0.25) is 4.79 Å². The summed E-state index contributed by atoms with van der Waals surface area (Å²) in [5.74, 6) is 0.256. The van der Waals surface area contributed by atoms with Gasteiger partial charge in [0.15, 0.2) is 0 Å². The van der Waals surface area contributed by atoms with E-state index in [1.165, 1.54) is 0 Å². The van der Waals surface area contributed by atoms with Gasteiger partial charge in [-0.2, -0.15) is 0 Å². The molecule has 0 aromatic carbocycles. The molecule has 7 nitrogen and oxygen atoms in total. The molecule has 1 aliphatic rings. The zero-order chi connectivity index (χ0) is 17.5. The van der Waals surface area contributed by atoms with Crippen LogP contribution in [0, 0.1) is 5.92 Å². The second kappa shape index (κ2) is 8.52. The second-order valence-corrected chi connectivity index (χ2v) is 6.18. The van der Waals surface area contributed by atoms with Crippen LogP contribution in [-0.2, 0) is 4.74 Å². The van der Waals surface area contributed by atoms with Crippen LogP contribution in [0.3, 0.4) is 0 Å². The lowest BCUT2D eigenvalue weighted by Gasteiger charge is -2.35. The number of amides is 2. The minimum atomic E-state index is -0.257. The van der Waals surface area contributed by atoms with Gasteiger partial charge in [-0.1, -0.05) is 13.8 Å². The molecule has 1 aromatic heterocycles. The Labute approximate surface area is 143 Å². The maximum Gasteiger partial charge on any atom is 0.409 e. The van der Waals surface area contributed by atoms with Crippen molar-refractivity contribution in [3.05, 3.63) is 24.0 Å². The van der Waals surface area contributed by atoms with Crippen LogP contribution < -0.4 is 10.2 Å². The van der Waals surface area contributed by atoms with Gasteiger partial charge in [0.1, 0.15) is 5.69 Å². The fraction of sp³-hybridized carbons (Fsp3) is 0.588. The zero-order valence-electron chi connectivity index (χ0n) is 14.6. The van der Waals surface area contributed by atoms with Crippen LogP contribution in [0.5, 0.6) is 0 Å². The number of hydrogen-bond donors (Lipinski definition) is 1. The molecule has 1 aliphatic heterocycles. The molecule has 0 aliphatic carbocycles. The highest BCUT2D eigenvalue weighted by Gasteiger charge is 2.22. The maximum atomic E-state index is 12.0. The van der Waals surface area contributed by atoms with Crippen molar-refractivity contribution in [2.75, 3.05) is 44.2 Å². The summed E-state index contributed by atoms with van der Waals surface area (Å²) in [6.07, 6.45) is 1.46. The molecule has 0 unspecified atom stereocenters. The first-order chi connectivity index (χ1) is 11.5. The SMILES string of the molecule is CCOC(=O)N1CCN(c2ccc(C(=O)NCC(C)C)nc2)CC1. The first-order valence-corrected chi connectivity index (χ1v) is 8.42. The molecule has 2 amide bonds. The summed E-state index contributed by atoms with van der Waals surface area (Å²) in [6.45, 7) is 9.61. The van der Waals surface area contributed by atoms with E-state index < -0.39 is 0 Å². The summed E-state index contributed by atoms with van der Waals surface area (Å²) in [4.78, 5) is 31.8. The molecule has 0 atom stereocenters. The third-order valence-corrected chi connectivity index (χ3v) is 3.82. The van der Waals surface area contributed by atoms with Crippen LogP contribution in [0.1, 0.15) is 31.3 Å². The minimum Gasteiger partial charge on any atom is -0.450 e. The van der Waals surface area contributed by atoms with Crippen LogP contribution in [0.25, 0.3) is 0 Å². The molecule has 1 aromatic rings. The molecule has 132 valence electrons. The Bertz CT molecular complexity index is 551. The summed E-state index contributed by atoms with van der Waals surface area (Å²) in [6, 6.07) is 3.64. The van der Waals surface area contributed by atoms with Gasteiger partial charge < -0.3 is 19.9 Å². The van der Waals surface area contributed by atoms with Gasteiger partial charge in [0.05, 0.1) is 18.5 Å². The standard InChI is InChI=1S/C17H26N4O3/c1-4-24-17(23)21-9-7-20(8-10-21)14-5-6-15(18-12-14)16(22)19-11-13(2)3/h5-6,12-13H,4,7-11H2,1-3H3,(H,19,22). The number of carbonyl (C=O) groups excluding carboxylic acids is 2. The van der Waals surface area contributed by atoms with Crippen molar-refractivity contribution < 1.29 is 14.3 Å². The smallest absolute Gasteiger partial charge is 0.409 e. The second-order valence-electron chi connectivity index (χ2n) is 6.18. The van der Waals surface area contributed by atoms with Crippen molar-refractivity contribution in [3.63, 3.8) is 0 Å². The Morgan fingerprint density at radius 2 is 1.96 bits per heavy atom. The molecule has 1 saturated heterocycles.